The van der Waals surface area contributed by atoms with Gasteiger partial charge < -0.3 is 0 Å². The van der Waals surface area contributed by atoms with E-state index in [1.807, 2.05) is 24.3 Å². The van der Waals surface area contributed by atoms with Gasteiger partial charge in [-0.1, -0.05) is 72.3 Å². The van der Waals surface area contributed by atoms with Gasteiger partial charge in [-0.2, -0.15) is 10.1 Å². The maximum atomic E-state index is 13.1. The van der Waals surface area contributed by atoms with Crippen LogP contribution in [0.5, 0.6) is 0 Å². The zero-order valence-electron chi connectivity index (χ0n) is 16.1. The average molecular weight is 431 g/mol. The molecule has 0 N–H and O–H groups in total. The number of amidine groups is 1. The Kier molecular flexibility index (Phi) is 5.68. The van der Waals surface area contributed by atoms with E-state index in [4.69, 9.17) is 11.6 Å². The summed E-state index contributed by atoms with van der Waals surface area (Å²) in [5, 5.41) is 17.1. The number of para-hydroxylation sites is 1. The van der Waals surface area contributed by atoms with Crippen LogP contribution >= 0.6 is 11.6 Å². The molecule has 0 saturated carbocycles. The number of nitrogens with zero attached hydrogens (tertiary/aromatic N) is 4. The molecule has 1 heterocycles. The summed E-state index contributed by atoms with van der Waals surface area (Å²) in [6.45, 7) is 0. The minimum absolute atomic E-state index is 0.108. The molecule has 0 atom stereocenters. The number of hydrogen-bond acceptors (Lipinski definition) is 5. The first-order chi connectivity index (χ1) is 15.0. The van der Waals surface area contributed by atoms with Gasteiger partial charge in [0.05, 0.1) is 16.7 Å². The molecule has 0 unspecified atom stereocenters. The van der Waals surface area contributed by atoms with Gasteiger partial charge in [-0.3, -0.25) is 14.9 Å². The topological polar surface area (TPSA) is 88.2 Å². The Hall–Kier alpha value is -4.10. The van der Waals surface area contributed by atoms with Crippen molar-refractivity contribution in [1.82, 2.24) is 5.01 Å². The number of aliphatic imine (C=N–C) groups is 1. The smallest absolute Gasteiger partial charge is 0.265 e. The molecule has 1 amide bonds. The summed E-state index contributed by atoms with van der Waals surface area (Å²) < 4.78 is 0. The fourth-order valence-electron chi connectivity index (χ4n) is 3.01. The van der Waals surface area contributed by atoms with Crippen LogP contribution in [0.4, 0.5) is 5.69 Å². The average Bonchev–Trinajstić information content (AvgIpc) is 3.10. The van der Waals surface area contributed by atoms with Crippen LogP contribution < -0.4 is 0 Å². The number of hydrogen-bond donors (Lipinski definition) is 0. The lowest BCUT2D eigenvalue weighted by atomic mass is 10.2. The minimum Gasteiger partial charge on any atom is -0.265 e. The van der Waals surface area contributed by atoms with Crippen molar-refractivity contribution in [1.29, 1.82) is 0 Å². The molecule has 0 aliphatic carbocycles. The summed E-state index contributed by atoms with van der Waals surface area (Å²) in [5.41, 5.74) is 1.65. The second-order valence-electron chi connectivity index (χ2n) is 6.53. The maximum Gasteiger partial charge on any atom is 0.298 e. The Morgan fingerprint density at radius 3 is 2.29 bits per heavy atom. The van der Waals surface area contributed by atoms with Gasteiger partial charge >= 0.3 is 0 Å². The van der Waals surface area contributed by atoms with Crippen molar-refractivity contribution in [2.75, 3.05) is 0 Å². The molecular formula is C23H15ClN4O3. The molecule has 4 rings (SSSR count). The van der Waals surface area contributed by atoms with Crippen LogP contribution in [0.3, 0.4) is 0 Å². The molecule has 3 aromatic carbocycles. The SMILES string of the molecule is O=C1/C(=C/c2ccccc2Cl)N=C(c2ccccc2)N1/N=C/c1ccccc1[N+](=O)[O-]. The molecule has 0 radical (unpaired) electrons. The second-order valence-corrected chi connectivity index (χ2v) is 6.94. The second kappa shape index (κ2) is 8.73. The number of rotatable bonds is 5. The molecule has 1 aliphatic rings. The largest absolute Gasteiger partial charge is 0.298 e. The quantitative estimate of drug-likeness (QED) is 0.249. The molecule has 1 aliphatic heterocycles. The van der Waals surface area contributed by atoms with Crippen LogP contribution in [0.15, 0.2) is 94.7 Å². The Bertz CT molecular complexity index is 1250. The van der Waals surface area contributed by atoms with Crippen molar-refractivity contribution < 1.29 is 9.72 Å². The third kappa shape index (κ3) is 4.26. The molecule has 0 bridgehead atoms. The van der Waals surface area contributed by atoms with Gasteiger partial charge in [0.2, 0.25) is 0 Å². The monoisotopic (exact) mass is 430 g/mol. The molecule has 3 aromatic rings. The number of hydrazone groups is 1. The summed E-state index contributed by atoms with van der Waals surface area (Å²) in [4.78, 5) is 28.3. The third-order valence-electron chi connectivity index (χ3n) is 4.51. The molecule has 31 heavy (non-hydrogen) atoms. The highest BCUT2D eigenvalue weighted by molar-refractivity contribution is 6.32. The minimum atomic E-state index is -0.498. The summed E-state index contributed by atoms with van der Waals surface area (Å²) in [7, 11) is 0. The van der Waals surface area contributed by atoms with Crippen molar-refractivity contribution in [2.24, 2.45) is 10.1 Å². The predicted octanol–water partition coefficient (Wildman–Crippen LogP) is 4.91. The van der Waals surface area contributed by atoms with Crippen LogP contribution in [0.2, 0.25) is 5.02 Å². The van der Waals surface area contributed by atoms with E-state index in [2.05, 4.69) is 10.1 Å². The van der Waals surface area contributed by atoms with Gasteiger partial charge in [0.1, 0.15) is 5.70 Å². The molecular weight excluding hydrogens is 416 g/mol. The number of halogens is 1. The van der Waals surface area contributed by atoms with E-state index in [1.165, 1.54) is 12.3 Å². The fourth-order valence-corrected chi connectivity index (χ4v) is 3.20. The van der Waals surface area contributed by atoms with Crippen LogP contribution in [-0.2, 0) is 4.79 Å². The Balaban J connectivity index is 1.76. The van der Waals surface area contributed by atoms with Gasteiger partial charge in [0.15, 0.2) is 5.84 Å². The van der Waals surface area contributed by atoms with E-state index in [0.29, 0.717) is 22.0 Å². The van der Waals surface area contributed by atoms with Crippen LogP contribution in [-0.4, -0.2) is 27.9 Å². The van der Waals surface area contributed by atoms with Gasteiger partial charge in [-0.25, -0.2) is 4.99 Å². The highest BCUT2D eigenvalue weighted by Crippen LogP contribution is 2.25. The van der Waals surface area contributed by atoms with E-state index in [-0.39, 0.29) is 16.9 Å². The van der Waals surface area contributed by atoms with Crippen molar-refractivity contribution >= 4 is 41.3 Å². The lowest BCUT2D eigenvalue weighted by Gasteiger charge is -2.11. The number of amides is 1. The van der Waals surface area contributed by atoms with Crippen LogP contribution in [0.1, 0.15) is 16.7 Å². The van der Waals surface area contributed by atoms with E-state index < -0.39 is 10.8 Å². The maximum absolute atomic E-state index is 13.1. The number of carbonyl (C=O) groups is 1. The first-order valence-corrected chi connectivity index (χ1v) is 9.64. The highest BCUT2D eigenvalue weighted by Gasteiger charge is 2.31. The Morgan fingerprint density at radius 2 is 1.58 bits per heavy atom. The Labute approximate surface area is 182 Å². The molecule has 8 heteroatoms. The number of carbonyl (C=O) groups excluding carboxylic acids is 1. The number of nitro groups is 1. The van der Waals surface area contributed by atoms with E-state index in [1.54, 1.807) is 54.6 Å². The van der Waals surface area contributed by atoms with Gasteiger partial charge in [0.25, 0.3) is 11.6 Å². The molecule has 7 nitrogen and oxygen atoms in total. The van der Waals surface area contributed by atoms with Crippen molar-refractivity contribution in [3.8, 4) is 0 Å². The van der Waals surface area contributed by atoms with Crippen molar-refractivity contribution in [2.45, 2.75) is 0 Å². The highest BCUT2D eigenvalue weighted by atomic mass is 35.5. The summed E-state index contributed by atoms with van der Waals surface area (Å²) in [6.07, 6.45) is 2.88. The van der Waals surface area contributed by atoms with Crippen molar-refractivity contribution in [3.63, 3.8) is 0 Å². The predicted molar refractivity (Wildman–Crippen MR) is 120 cm³/mol. The van der Waals surface area contributed by atoms with Crippen molar-refractivity contribution in [3.05, 3.63) is 116 Å². The number of benzene rings is 3. The summed E-state index contributed by atoms with van der Waals surface area (Å²) >= 11 is 6.22. The first-order valence-electron chi connectivity index (χ1n) is 9.27. The lowest BCUT2D eigenvalue weighted by Crippen LogP contribution is -2.27. The first kappa shape index (κ1) is 20.2. The molecule has 152 valence electrons. The van der Waals surface area contributed by atoms with Crippen LogP contribution in [0, 0.1) is 10.1 Å². The fraction of sp³-hybridized carbons (Fsp3) is 0. The molecule has 0 saturated heterocycles. The lowest BCUT2D eigenvalue weighted by molar-refractivity contribution is -0.385. The summed E-state index contributed by atoms with van der Waals surface area (Å²) in [5.74, 6) is -0.146. The standard InChI is InChI=1S/C23H15ClN4O3/c24-19-12-6-4-10-17(19)14-20-23(29)27(22(26-20)16-8-2-1-3-9-16)25-15-18-11-5-7-13-21(18)28(30)31/h1-15H/b20-14-,25-15+. The van der Waals surface area contributed by atoms with E-state index in [0.717, 1.165) is 5.01 Å². The van der Waals surface area contributed by atoms with Gasteiger partial charge in [-0.15, -0.1) is 0 Å². The zero-order valence-corrected chi connectivity index (χ0v) is 16.8. The van der Waals surface area contributed by atoms with E-state index >= 15 is 0 Å². The van der Waals surface area contributed by atoms with Gasteiger partial charge in [-0.05, 0) is 23.8 Å². The number of nitro benzene ring substituents is 1. The molecule has 0 spiro atoms. The molecule has 0 fully saturated rings. The van der Waals surface area contributed by atoms with Gasteiger partial charge in [0, 0.05) is 16.7 Å². The summed E-state index contributed by atoms with van der Waals surface area (Å²) in [6, 6.07) is 22.4. The van der Waals surface area contributed by atoms with Crippen LogP contribution in [0.25, 0.3) is 6.08 Å². The third-order valence-corrected chi connectivity index (χ3v) is 4.86. The van der Waals surface area contributed by atoms with E-state index in [9.17, 15) is 14.9 Å². The molecule has 0 aromatic heterocycles. The Morgan fingerprint density at radius 1 is 0.935 bits per heavy atom. The zero-order chi connectivity index (χ0) is 21.8. The normalized spacial score (nSPS) is 15.0.